The van der Waals surface area contributed by atoms with Crippen molar-refractivity contribution >= 4 is 5.97 Å². The maximum absolute atomic E-state index is 12.4. The number of carboxylic acid groups (broad SMARTS) is 1. The summed E-state index contributed by atoms with van der Waals surface area (Å²) in [6.45, 7) is 3.77. The van der Waals surface area contributed by atoms with Gasteiger partial charge in [-0.2, -0.15) is 0 Å². The molecule has 0 bridgehead atoms. The van der Waals surface area contributed by atoms with E-state index in [-0.39, 0.29) is 0 Å². The lowest BCUT2D eigenvalue weighted by Crippen LogP contribution is -2.61. The summed E-state index contributed by atoms with van der Waals surface area (Å²) in [7, 11) is 0. The molecule has 6 heteroatoms. The van der Waals surface area contributed by atoms with E-state index in [4.69, 9.17) is 16.2 Å². The lowest BCUT2D eigenvalue weighted by molar-refractivity contribution is -0.178. The molecule has 1 rings (SSSR count). The number of nitrogens with two attached hydrogens (primary N) is 2. The molecule has 0 fully saturated rings. The first-order valence-electron chi connectivity index (χ1n) is 10.7. The zero-order chi connectivity index (χ0) is 20.7. The fourth-order valence-corrected chi connectivity index (χ4v) is 3.53. The molecule has 1 unspecified atom stereocenters. The maximum Gasteiger partial charge on any atom is 0.364 e. The zero-order valence-corrected chi connectivity index (χ0v) is 17.4. The van der Waals surface area contributed by atoms with Crippen molar-refractivity contribution in [1.82, 2.24) is 4.90 Å². The lowest BCUT2D eigenvalue weighted by Gasteiger charge is -2.40. The number of benzene rings is 1. The van der Waals surface area contributed by atoms with Gasteiger partial charge in [0.05, 0.1) is 0 Å². The maximum atomic E-state index is 12.4. The van der Waals surface area contributed by atoms with Gasteiger partial charge in [-0.25, -0.2) is 4.79 Å². The van der Waals surface area contributed by atoms with Crippen LogP contribution in [0.15, 0.2) is 30.3 Å². The number of para-hydroxylation sites is 1. The zero-order valence-electron chi connectivity index (χ0n) is 17.4. The van der Waals surface area contributed by atoms with Gasteiger partial charge in [-0.3, -0.25) is 4.90 Å². The first-order chi connectivity index (χ1) is 13.6. The largest absolute Gasteiger partial charge is 0.477 e. The smallest absolute Gasteiger partial charge is 0.364 e. The third-order valence-electron chi connectivity index (χ3n) is 5.04. The van der Waals surface area contributed by atoms with Crippen LogP contribution in [0.4, 0.5) is 0 Å². The Morgan fingerprint density at radius 3 is 2.00 bits per heavy atom. The highest BCUT2D eigenvalue weighted by atomic mass is 16.5. The summed E-state index contributed by atoms with van der Waals surface area (Å²) in [5.74, 6) is -0.440. The molecule has 6 nitrogen and oxygen atoms in total. The Bertz CT molecular complexity index is 521. The first-order valence-corrected chi connectivity index (χ1v) is 10.7. The average molecular weight is 394 g/mol. The van der Waals surface area contributed by atoms with E-state index in [2.05, 4.69) is 6.92 Å². The van der Waals surface area contributed by atoms with E-state index in [0.717, 1.165) is 19.3 Å². The SMILES string of the molecule is CCCCCCCCCCC(Oc1ccccc1)(C(=O)O)N(CCN)CCN. The second-order valence-electron chi connectivity index (χ2n) is 7.29. The van der Waals surface area contributed by atoms with Crippen molar-refractivity contribution in [3.63, 3.8) is 0 Å². The molecule has 0 spiro atoms. The van der Waals surface area contributed by atoms with E-state index in [1.807, 2.05) is 18.2 Å². The summed E-state index contributed by atoms with van der Waals surface area (Å²) in [5.41, 5.74) is 10.1. The minimum absolute atomic E-state index is 0.352. The summed E-state index contributed by atoms with van der Waals surface area (Å²) in [6, 6.07) is 9.14. The Labute approximate surface area is 170 Å². The van der Waals surface area contributed by atoms with Crippen LogP contribution in [-0.2, 0) is 4.79 Å². The molecule has 0 aliphatic rings. The second kappa shape index (κ2) is 14.4. The Balaban J connectivity index is 2.81. The number of ether oxygens (including phenoxy) is 1. The van der Waals surface area contributed by atoms with Crippen LogP contribution < -0.4 is 16.2 Å². The van der Waals surface area contributed by atoms with E-state index in [1.54, 1.807) is 17.0 Å². The van der Waals surface area contributed by atoms with E-state index < -0.39 is 11.7 Å². The van der Waals surface area contributed by atoms with E-state index >= 15 is 0 Å². The van der Waals surface area contributed by atoms with Crippen LogP contribution in [0.1, 0.15) is 64.7 Å². The number of aliphatic carboxylic acids is 1. The summed E-state index contributed by atoms with van der Waals surface area (Å²) < 4.78 is 6.11. The van der Waals surface area contributed by atoms with E-state index in [9.17, 15) is 9.90 Å². The molecule has 0 saturated carbocycles. The number of unbranched alkanes of at least 4 members (excludes halogenated alkanes) is 7. The van der Waals surface area contributed by atoms with E-state index in [0.29, 0.717) is 38.3 Å². The van der Waals surface area contributed by atoms with Crippen molar-refractivity contribution in [1.29, 1.82) is 0 Å². The lowest BCUT2D eigenvalue weighted by atomic mass is 10.00. The number of hydrogen-bond acceptors (Lipinski definition) is 5. The van der Waals surface area contributed by atoms with E-state index in [1.165, 1.54) is 32.1 Å². The molecule has 0 heterocycles. The molecule has 1 aromatic carbocycles. The summed E-state index contributed by atoms with van der Waals surface area (Å²) in [5, 5.41) is 10.2. The van der Waals surface area contributed by atoms with Crippen molar-refractivity contribution in [2.45, 2.75) is 70.4 Å². The minimum atomic E-state index is -1.44. The quantitative estimate of drug-likeness (QED) is 0.276. The average Bonchev–Trinajstić information content (AvgIpc) is 2.69. The molecule has 1 atom stereocenters. The van der Waals surface area contributed by atoms with Crippen molar-refractivity contribution in [3.8, 4) is 5.75 Å². The molecule has 1 aromatic rings. The number of hydrogen-bond donors (Lipinski definition) is 3. The molecule has 0 aromatic heterocycles. The van der Waals surface area contributed by atoms with Crippen LogP contribution in [0.5, 0.6) is 5.75 Å². The van der Waals surface area contributed by atoms with Crippen LogP contribution in [0, 0.1) is 0 Å². The Hall–Kier alpha value is -1.63. The van der Waals surface area contributed by atoms with Gasteiger partial charge in [-0.1, -0.05) is 70.1 Å². The first kappa shape index (κ1) is 24.4. The van der Waals surface area contributed by atoms with Crippen molar-refractivity contribution < 1.29 is 14.6 Å². The molecule has 28 heavy (non-hydrogen) atoms. The Morgan fingerprint density at radius 1 is 0.964 bits per heavy atom. The molecule has 0 amide bonds. The second-order valence-corrected chi connectivity index (χ2v) is 7.29. The normalized spacial score (nSPS) is 13.4. The number of carboxylic acids is 1. The molecule has 0 radical (unpaired) electrons. The predicted octanol–water partition coefficient (Wildman–Crippen LogP) is 3.60. The van der Waals surface area contributed by atoms with Gasteiger partial charge in [0.25, 0.3) is 5.72 Å². The highest BCUT2D eigenvalue weighted by molar-refractivity contribution is 5.77. The molecule has 160 valence electrons. The highest BCUT2D eigenvalue weighted by Crippen LogP contribution is 2.28. The topological polar surface area (TPSA) is 102 Å². The van der Waals surface area contributed by atoms with Crippen LogP contribution in [0.25, 0.3) is 0 Å². The van der Waals surface area contributed by atoms with Crippen LogP contribution in [0.2, 0.25) is 0 Å². The van der Waals surface area contributed by atoms with Gasteiger partial charge in [0.2, 0.25) is 0 Å². The summed E-state index contributed by atoms with van der Waals surface area (Å²) in [4.78, 5) is 14.2. The molecule has 0 saturated heterocycles. The summed E-state index contributed by atoms with van der Waals surface area (Å²) in [6.07, 6.45) is 9.60. The monoisotopic (exact) mass is 393 g/mol. The highest BCUT2D eigenvalue weighted by Gasteiger charge is 2.46. The number of rotatable bonds is 17. The third-order valence-corrected chi connectivity index (χ3v) is 5.04. The molecule has 0 aliphatic carbocycles. The Morgan fingerprint density at radius 2 is 1.50 bits per heavy atom. The van der Waals surface area contributed by atoms with Crippen molar-refractivity contribution in [3.05, 3.63) is 30.3 Å². The van der Waals surface area contributed by atoms with Crippen LogP contribution >= 0.6 is 0 Å². The van der Waals surface area contributed by atoms with Crippen molar-refractivity contribution in [2.75, 3.05) is 26.2 Å². The van der Waals surface area contributed by atoms with Gasteiger partial charge >= 0.3 is 5.97 Å². The molecule has 5 N–H and O–H groups in total. The van der Waals surface area contributed by atoms with Gasteiger partial charge in [0, 0.05) is 32.6 Å². The standard InChI is InChI=1S/C22H39N3O3/c1-2-3-4-5-6-7-8-12-15-22(21(26)27,25(18-16-23)19-17-24)28-20-13-10-9-11-14-20/h9-11,13-14H,2-8,12,15-19,23-24H2,1H3,(H,26,27). The van der Waals surface area contributed by atoms with Gasteiger partial charge in [-0.05, 0) is 18.6 Å². The van der Waals surface area contributed by atoms with Crippen LogP contribution in [0.3, 0.4) is 0 Å². The van der Waals surface area contributed by atoms with Gasteiger partial charge < -0.3 is 21.3 Å². The fourth-order valence-electron chi connectivity index (χ4n) is 3.53. The van der Waals surface area contributed by atoms with Gasteiger partial charge in [0.15, 0.2) is 0 Å². The third kappa shape index (κ3) is 8.17. The van der Waals surface area contributed by atoms with Gasteiger partial charge in [-0.15, -0.1) is 0 Å². The fraction of sp³-hybridized carbons (Fsp3) is 0.682. The molecular formula is C22H39N3O3. The molecule has 0 aliphatic heterocycles. The van der Waals surface area contributed by atoms with Crippen molar-refractivity contribution in [2.24, 2.45) is 11.5 Å². The van der Waals surface area contributed by atoms with Gasteiger partial charge in [0.1, 0.15) is 5.75 Å². The van der Waals surface area contributed by atoms with Crippen LogP contribution in [-0.4, -0.2) is 47.9 Å². The predicted molar refractivity (Wildman–Crippen MR) is 114 cm³/mol. The Kier molecular flexibility index (Phi) is 12.5. The number of nitrogens with zero attached hydrogens (tertiary/aromatic N) is 1. The number of carbonyl (C=O) groups is 1. The summed E-state index contributed by atoms with van der Waals surface area (Å²) >= 11 is 0. The molecular weight excluding hydrogens is 354 g/mol. The minimum Gasteiger partial charge on any atom is -0.477 e.